The second kappa shape index (κ2) is 5.00. The predicted molar refractivity (Wildman–Crippen MR) is 79.8 cm³/mol. The summed E-state index contributed by atoms with van der Waals surface area (Å²) in [6.07, 6.45) is 1.87. The minimum absolute atomic E-state index is 0.110. The summed E-state index contributed by atoms with van der Waals surface area (Å²) in [6.45, 7) is 0. The van der Waals surface area contributed by atoms with Gasteiger partial charge in [-0.25, -0.2) is 0 Å². The SMILES string of the molecule is CN1[C@H]2CC[C@@H]1[C@@](Cc1ccc(N)cc1)(C(=O)O)[C@@H](O)C2. The summed E-state index contributed by atoms with van der Waals surface area (Å²) in [5.74, 6) is -0.899. The number of nitrogen functional groups attached to an aromatic ring is 1. The number of carbonyl (C=O) groups is 1. The molecule has 0 spiro atoms. The van der Waals surface area contributed by atoms with Crippen LogP contribution in [0.15, 0.2) is 24.3 Å². The van der Waals surface area contributed by atoms with Gasteiger partial charge in [-0.15, -0.1) is 0 Å². The van der Waals surface area contributed by atoms with E-state index in [0.29, 0.717) is 24.6 Å². The molecule has 0 aromatic heterocycles. The fraction of sp³-hybridized carbons (Fsp3) is 0.562. The van der Waals surface area contributed by atoms with Gasteiger partial charge in [0.1, 0.15) is 5.41 Å². The number of nitrogens with two attached hydrogens (primary N) is 1. The maximum Gasteiger partial charge on any atom is 0.314 e. The molecular weight excluding hydrogens is 268 g/mol. The molecule has 0 aliphatic carbocycles. The van der Waals surface area contributed by atoms with Crippen molar-refractivity contribution >= 4 is 11.7 Å². The zero-order valence-electron chi connectivity index (χ0n) is 12.2. The molecule has 4 atom stereocenters. The maximum atomic E-state index is 12.1. The van der Waals surface area contributed by atoms with Crippen molar-refractivity contribution in [1.82, 2.24) is 4.90 Å². The number of carboxylic acid groups (broad SMARTS) is 1. The largest absolute Gasteiger partial charge is 0.481 e. The Hall–Kier alpha value is -1.59. The molecule has 2 aliphatic rings. The Bertz CT molecular complexity index is 545. The molecule has 3 rings (SSSR count). The van der Waals surface area contributed by atoms with Crippen LogP contribution in [-0.2, 0) is 11.2 Å². The fourth-order valence-electron chi connectivity index (χ4n) is 4.18. The van der Waals surface area contributed by atoms with Crippen LogP contribution in [0.3, 0.4) is 0 Å². The van der Waals surface area contributed by atoms with E-state index in [1.807, 2.05) is 19.2 Å². The fourth-order valence-corrected chi connectivity index (χ4v) is 4.18. The molecule has 0 radical (unpaired) electrons. The number of nitrogens with zero attached hydrogens (tertiary/aromatic N) is 1. The smallest absolute Gasteiger partial charge is 0.314 e. The molecule has 2 heterocycles. The van der Waals surface area contributed by atoms with E-state index in [-0.39, 0.29) is 6.04 Å². The van der Waals surface area contributed by atoms with Crippen molar-refractivity contribution in [3.63, 3.8) is 0 Å². The minimum atomic E-state index is -1.13. The topological polar surface area (TPSA) is 86.8 Å². The van der Waals surface area contributed by atoms with E-state index in [4.69, 9.17) is 5.73 Å². The zero-order valence-corrected chi connectivity index (χ0v) is 12.2. The highest BCUT2D eigenvalue weighted by atomic mass is 16.4. The minimum Gasteiger partial charge on any atom is -0.481 e. The standard InChI is InChI=1S/C16H22N2O3/c1-18-12-6-7-13(18)16(15(20)21,14(19)8-12)9-10-2-4-11(17)5-3-10/h2-5,12-14,19H,6-9,17H2,1H3,(H,20,21)/t12-,13+,14-,16+/m0/s1. The van der Waals surface area contributed by atoms with Crippen molar-refractivity contribution in [2.45, 2.75) is 43.9 Å². The van der Waals surface area contributed by atoms with E-state index in [0.717, 1.165) is 18.4 Å². The number of aliphatic hydroxyl groups excluding tert-OH is 1. The first-order valence-corrected chi connectivity index (χ1v) is 7.43. The van der Waals surface area contributed by atoms with Gasteiger partial charge in [-0.1, -0.05) is 12.1 Å². The van der Waals surface area contributed by atoms with Crippen LogP contribution in [0.1, 0.15) is 24.8 Å². The monoisotopic (exact) mass is 290 g/mol. The summed E-state index contributed by atoms with van der Waals surface area (Å²) in [6, 6.07) is 7.47. The van der Waals surface area contributed by atoms with Crippen LogP contribution in [0.25, 0.3) is 0 Å². The number of piperidine rings is 1. The van der Waals surface area contributed by atoms with Crippen LogP contribution in [0, 0.1) is 5.41 Å². The van der Waals surface area contributed by atoms with Gasteiger partial charge in [0.2, 0.25) is 0 Å². The van der Waals surface area contributed by atoms with Crippen molar-refractivity contribution in [2.75, 3.05) is 12.8 Å². The Labute approximate surface area is 124 Å². The number of hydrogen-bond acceptors (Lipinski definition) is 4. The van der Waals surface area contributed by atoms with Crippen LogP contribution in [0.5, 0.6) is 0 Å². The van der Waals surface area contributed by atoms with Crippen LogP contribution in [0.2, 0.25) is 0 Å². The Morgan fingerprint density at radius 3 is 2.67 bits per heavy atom. The lowest BCUT2D eigenvalue weighted by atomic mass is 9.68. The third-order valence-corrected chi connectivity index (χ3v) is 5.40. The molecule has 5 nitrogen and oxygen atoms in total. The molecule has 0 unspecified atom stereocenters. The number of rotatable bonds is 3. The average Bonchev–Trinajstić information content (AvgIpc) is 2.71. The lowest BCUT2D eigenvalue weighted by Crippen LogP contribution is -2.61. The van der Waals surface area contributed by atoms with Gasteiger partial charge < -0.3 is 15.9 Å². The number of hydrogen-bond donors (Lipinski definition) is 3. The quantitative estimate of drug-likeness (QED) is 0.726. The molecule has 114 valence electrons. The molecule has 0 saturated carbocycles. The van der Waals surface area contributed by atoms with E-state index in [9.17, 15) is 15.0 Å². The van der Waals surface area contributed by atoms with Crippen LogP contribution in [0.4, 0.5) is 5.69 Å². The highest BCUT2D eigenvalue weighted by Crippen LogP contribution is 2.48. The molecule has 2 fully saturated rings. The number of anilines is 1. The van der Waals surface area contributed by atoms with E-state index in [2.05, 4.69) is 4.90 Å². The van der Waals surface area contributed by atoms with Crippen molar-refractivity contribution in [1.29, 1.82) is 0 Å². The predicted octanol–water partition coefficient (Wildman–Crippen LogP) is 1.11. The number of benzene rings is 1. The number of aliphatic hydroxyl groups is 1. The normalized spacial score (nSPS) is 35.8. The number of carboxylic acids is 1. The molecule has 5 heteroatoms. The third-order valence-electron chi connectivity index (χ3n) is 5.40. The van der Waals surface area contributed by atoms with Gasteiger partial charge in [0, 0.05) is 17.8 Å². The highest BCUT2D eigenvalue weighted by Gasteiger charge is 2.59. The summed E-state index contributed by atoms with van der Waals surface area (Å²) in [7, 11) is 1.98. The van der Waals surface area contributed by atoms with Crippen molar-refractivity contribution in [3.8, 4) is 0 Å². The lowest BCUT2D eigenvalue weighted by Gasteiger charge is -2.48. The van der Waals surface area contributed by atoms with Gasteiger partial charge in [-0.3, -0.25) is 9.69 Å². The number of fused-ring (bicyclic) bond motifs is 2. The first-order chi connectivity index (χ1) is 9.95. The molecule has 2 bridgehead atoms. The summed E-state index contributed by atoms with van der Waals surface area (Å²) in [5.41, 5.74) is 6.13. The van der Waals surface area contributed by atoms with E-state index >= 15 is 0 Å². The van der Waals surface area contributed by atoms with Gasteiger partial charge in [-0.05, 0) is 50.4 Å². The van der Waals surface area contributed by atoms with Crippen LogP contribution in [-0.4, -0.2) is 46.3 Å². The second-order valence-electron chi connectivity index (χ2n) is 6.43. The van der Waals surface area contributed by atoms with Crippen LogP contribution >= 0.6 is 0 Å². The average molecular weight is 290 g/mol. The Kier molecular flexibility index (Phi) is 3.42. The summed E-state index contributed by atoms with van der Waals surface area (Å²) >= 11 is 0. The van der Waals surface area contributed by atoms with Crippen molar-refractivity contribution < 1.29 is 15.0 Å². The first kappa shape index (κ1) is 14.4. The molecule has 1 aromatic rings. The molecule has 2 aliphatic heterocycles. The molecule has 1 aromatic carbocycles. The van der Waals surface area contributed by atoms with Crippen LogP contribution < -0.4 is 5.73 Å². The Morgan fingerprint density at radius 1 is 1.38 bits per heavy atom. The van der Waals surface area contributed by atoms with Gasteiger partial charge >= 0.3 is 5.97 Å². The van der Waals surface area contributed by atoms with Crippen molar-refractivity contribution in [2.24, 2.45) is 5.41 Å². The van der Waals surface area contributed by atoms with Crippen molar-refractivity contribution in [3.05, 3.63) is 29.8 Å². The second-order valence-corrected chi connectivity index (χ2v) is 6.43. The third kappa shape index (κ3) is 2.12. The van der Waals surface area contributed by atoms with E-state index in [1.165, 1.54) is 0 Å². The summed E-state index contributed by atoms with van der Waals surface area (Å²) in [4.78, 5) is 14.2. The van der Waals surface area contributed by atoms with Gasteiger partial charge in [0.05, 0.1) is 6.10 Å². The summed E-state index contributed by atoms with van der Waals surface area (Å²) in [5, 5.41) is 20.5. The van der Waals surface area contributed by atoms with E-state index in [1.54, 1.807) is 12.1 Å². The highest BCUT2D eigenvalue weighted by molar-refractivity contribution is 5.77. The molecule has 21 heavy (non-hydrogen) atoms. The maximum absolute atomic E-state index is 12.1. The Morgan fingerprint density at radius 2 is 2.05 bits per heavy atom. The molecule has 2 saturated heterocycles. The zero-order chi connectivity index (χ0) is 15.2. The molecule has 4 N–H and O–H groups in total. The van der Waals surface area contributed by atoms with Gasteiger partial charge in [0.15, 0.2) is 0 Å². The lowest BCUT2D eigenvalue weighted by molar-refractivity contribution is -0.169. The van der Waals surface area contributed by atoms with Gasteiger partial charge in [-0.2, -0.15) is 0 Å². The Balaban J connectivity index is 1.98. The first-order valence-electron chi connectivity index (χ1n) is 7.43. The van der Waals surface area contributed by atoms with Gasteiger partial charge in [0.25, 0.3) is 0 Å². The van der Waals surface area contributed by atoms with E-state index < -0.39 is 17.5 Å². The molecule has 0 amide bonds. The number of aliphatic carboxylic acids is 1. The summed E-state index contributed by atoms with van der Waals surface area (Å²) < 4.78 is 0. The molecular formula is C16H22N2O3.